The van der Waals surface area contributed by atoms with Crippen molar-refractivity contribution in [2.45, 2.75) is 25.5 Å². The van der Waals surface area contributed by atoms with Gasteiger partial charge in [-0.2, -0.15) is 4.98 Å². The van der Waals surface area contributed by atoms with Crippen LogP contribution in [0.25, 0.3) is 11.4 Å². The zero-order valence-electron chi connectivity index (χ0n) is 15.3. The molecule has 4 rings (SSSR count). The van der Waals surface area contributed by atoms with E-state index < -0.39 is 0 Å². The largest absolute Gasteiger partial charge is 0.497 e. The van der Waals surface area contributed by atoms with Gasteiger partial charge < -0.3 is 14.0 Å². The third-order valence-corrected chi connectivity index (χ3v) is 5.13. The van der Waals surface area contributed by atoms with E-state index in [9.17, 15) is 0 Å². The molecule has 2 aromatic rings. The first-order chi connectivity index (χ1) is 12.8. The van der Waals surface area contributed by atoms with Crippen LogP contribution in [-0.4, -0.2) is 72.5 Å². The fourth-order valence-corrected chi connectivity index (χ4v) is 3.57. The molecular weight excluding hydrogens is 332 g/mol. The maximum Gasteiger partial charge on any atom is 0.241 e. The first-order valence-electron chi connectivity index (χ1n) is 9.33. The summed E-state index contributed by atoms with van der Waals surface area (Å²) >= 11 is 0. The molecule has 0 amide bonds. The van der Waals surface area contributed by atoms with Crippen LogP contribution in [0.15, 0.2) is 28.8 Å². The summed E-state index contributed by atoms with van der Waals surface area (Å²) < 4.78 is 16.4. The number of hydrogen-bond donors (Lipinski definition) is 0. The number of rotatable bonds is 6. The van der Waals surface area contributed by atoms with E-state index in [0.717, 1.165) is 50.6 Å². The first kappa shape index (κ1) is 17.5. The summed E-state index contributed by atoms with van der Waals surface area (Å²) in [6.45, 7) is 6.88. The second-order valence-electron chi connectivity index (χ2n) is 6.95. The SMILES string of the molecule is COc1ccc(-c2noc(CN3CCN(C[C@@H]4CCCO4)CC3)n2)cc1. The molecule has 2 fully saturated rings. The van der Waals surface area contributed by atoms with Crippen molar-refractivity contribution in [1.82, 2.24) is 19.9 Å². The monoisotopic (exact) mass is 358 g/mol. The molecule has 2 aliphatic heterocycles. The van der Waals surface area contributed by atoms with Crippen LogP contribution in [0, 0.1) is 0 Å². The Morgan fingerprint density at radius 2 is 1.88 bits per heavy atom. The van der Waals surface area contributed by atoms with Crippen LogP contribution in [0.5, 0.6) is 5.75 Å². The molecule has 3 heterocycles. The van der Waals surface area contributed by atoms with Gasteiger partial charge in [0, 0.05) is 44.9 Å². The zero-order chi connectivity index (χ0) is 17.8. The quantitative estimate of drug-likeness (QED) is 0.783. The van der Waals surface area contributed by atoms with E-state index in [1.807, 2.05) is 24.3 Å². The van der Waals surface area contributed by atoms with E-state index in [1.54, 1.807) is 7.11 Å². The fraction of sp³-hybridized carbons (Fsp3) is 0.579. The van der Waals surface area contributed by atoms with Crippen molar-refractivity contribution in [1.29, 1.82) is 0 Å². The van der Waals surface area contributed by atoms with Gasteiger partial charge in [0.1, 0.15) is 5.75 Å². The van der Waals surface area contributed by atoms with Crippen molar-refractivity contribution in [3.63, 3.8) is 0 Å². The average molecular weight is 358 g/mol. The Bertz CT molecular complexity index is 689. The topological polar surface area (TPSA) is 63.9 Å². The molecule has 7 nitrogen and oxygen atoms in total. The van der Waals surface area contributed by atoms with Gasteiger partial charge in [0.05, 0.1) is 19.8 Å². The minimum absolute atomic E-state index is 0.435. The Hall–Kier alpha value is -1.96. The molecule has 0 bridgehead atoms. The van der Waals surface area contributed by atoms with Crippen LogP contribution in [0.1, 0.15) is 18.7 Å². The zero-order valence-corrected chi connectivity index (χ0v) is 15.3. The van der Waals surface area contributed by atoms with Gasteiger partial charge in [0.15, 0.2) is 0 Å². The molecule has 0 unspecified atom stereocenters. The molecule has 0 aliphatic carbocycles. The molecule has 0 N–H and O–H groups in total. The van der Waals surface area contributed by atoms with Gasteiger partial charge in [-0.3, -0.25) is 9.80 Å². The molecule has 26 heavy (non-hydrogen) atoms. The van der Waals surface area contributed by atoms with E-state index in [4.69, 9.17) is 14.0 Å². The highest BCUT2D eigenvalue weighted by Crippen LogP contribution is 2.20. The van der Waals surface area contributed by atoms with E-state index >= 15 is 0 Å². The van der Waals surface area contributed by atoms with Gasteiger partial charge in [-0.05, 0) is 37.1 Å². The predicted octanol–water partition coefficient (Wildman–Crippen LogP) is 2.04. The number of benzene rings is 1. The van der Waals surface area contributed by atoms with Crippen molar-refractivity contribution >= 4 is 0 Å². The van der Waals surface area contributed by atoms with E-state index in [1.165, 1.54) is 12.8 Å². The Kier molecular flexibility index (Phi) is 5.48. The average Bonchev–Trinajstić information content (AvgIpc) is 3.36. The molecule has 0 radical (unpaired) electrons. The maximum atomic E-state index is 5.74. The van der Waals surface area contributed by atoms with Gasteiger partial charge >= 0.3 is 0 Å². The minimum Gasteiger partial charge on any atom is -0.497 e. The maximum absolute atomic E-state index is 5.74. The van der Waals surface area contributed by atoms with Gasteiger partial charge in [0.2, 0.25) is 11.7 Å². The van der Waals surface area contributed by atoms with Crippen LogP contribution in [0.2, 0.25) is 0 Å². The lowest BCUT2D eigenvalue weighted by atomic mass is 10.2. The molecule has 1 aromatic heterocycles. The van der Waals surface area contributed by atoms with Gasteiger partial charge in [-0.1, -0.05) is 5.16 Å². The predicted molar refractivity (Wildman–Crippen MR) is 97.0 cm³/mol. The summed E-state index contributed by atoms with van der Waals surface area (Å²) in [6.07, 6.45) is 2.85. The van der Waals surface area contributed by atoms with Gasteiger partial charge in [-0.15, -0.1) is 0 Å². The van der Waals surface area contributed by atoms with Gasteiger partial charge in [0.25, 0.3) is 0 Å². The second-order valence-corrected chi connectivity index (χ2v) is 6.95. The van der Waals surface area contributed by atoms with E-state index in [0.29, 0.717) is 24.4 Å². The van der Waals surface area contributed by atoms with Crippen molar-refractivity contribution in [2.24, 2.45) is 0 Å². The van der Waals surface area contributed by atoms with Crippen LogP contribution >= 0.6 is 0 Å². The molecule has 2 aliphatic rings. The normalized spacial score (nSPS) is 22.0. The molecular formula is C19H26N4O3. The van der Waals surface area contributed by atoms with Crippen LogP contribution < -0.4 is 4.74 Å². The molecule has 2 saturated heterocycles. The molecule has 0 saturated carbocycles. The third-order valence-electron chi connectivity index (χ3n) is 5.13. The lowest BCUT2D eigenvalue weighted by Crippen LogP contribution is -2.48. The Balaban J connectivity index is 1.27. The lowest BCUT2D eigenvalue weighted by Gasteiger charge is -2.34. The molecule has 7 heteroatoms. The van der Waals surface area contributed by atoms with Crippen LogP contribution in [-0.2, 0) is 11.3 Å². The summed E-state index contributed by atoms with van der Waals surface area (Å²) in [5, 5.41) is 4.11. The smallest absolute Gasteiger partial charge is 0.241 e. The van der Waals surface area contributed by atoms with Crippen LogP contribution in [0.4, 0.5) is 0 Å². The summed E-state index contributed by atoms with van der Waals surface area (Å²) in [6, 6.07) is 7.69. The highest BCUT2D eigenvalue weighted by molar-refractivity contribution is 5.55. The minimum atomic E-state index is 0.435. The number of piperazine rings is 1. The Labute approximate surface area is 153 Å². The lowest BCUT2D eigenvalue weighted by molar-refractivity contribution is 0.0468. The molecule has 0 spiro atoms. The molecule has 1 aromatic carbocycles. The summed E-state index contributed by atoms with van der Waals surface area (Å²) in [4.78, 5) is 9.41. The van der Waals surface area contributed by atoms with Gasteiger partial charge in [-0.25, -0.2) is 0 Å². The highest BCUT2D eigenvalue weighted by atomic mass is 16.5. The molecule has 140 valence electrons. The Morgan fingerprint density at radius 1 is 1.12 bits per heavy atom. The molecule has 1 atom stereocenters. The Morgan fingerprint density at radius 3 is 2.58 bits per heavy atom. The van der Waals surface area contributed by atoms with Crippen molar-refractivity contribution in [3.8, 4) is 17.1 Å². The number of aromatic nitrogens is 2. The number of methoxy groups -OCH3 is 1. The summed E-state index contributed by atoms with van der Waals surface area (Å²) in [5.74, 6) is 2.11. The first-order valence-corrected chi connectivity index (χ1v) is 9.33. The number of hydrogen-bond acceptors (Lipinski definition) is 7. The van der Waals surface area contributed by atoms with Crippen molar-refractivity contribution < 1.29 is 14.0 Å². The fourth-order valence-electron chi connectivity index (χ4n) is 3.57. The van der Waals surface area contributed by atoms with Crippen molar-refractivity contribution in [2.75, 3.05) is 46.4 Å². The second kappa shape index (κ2) is 8.16. The van der Waals surface area contributed by atoms with Crippen LogP contribution in [0.3, 0.4) is 0 Å². The number of ether oxygens (including phenoxy) is 2. The van der Waals surface area contributed by atoms with E-state index in [-0.39, 0.29) is 0 Å². The number of nitrogens with zero attached hydrogens (tertiary/aromatic N) is 4. The highest BCUT2D eigenvalue weighted by Gasteiger charge is 2.23. The summed E-state index contributed by atoms with van der Waals surface area (Å²) in [7, 11) is 1.65. The summed E-state index contributed by atoms with van der Waals surface area (Å²) in [5.41, 5.74) is 0.933. The third kappa shape index (κ3) is 4.23. The van der Waals surface area contributed by atoms with Crippen molar-refractivity contribution in [3.05, 3.63) is 30.2 Å². The standard InChI is InChI=1S/C19H26N4O3/c1-24-16-6-4-15(5-7-16)19-20-18(26-21-19)14-23-10-8-22(9-11-23)13-17-3-2-12-25-17/h4-7,17H,2-3,8-14H2,1H3/t17-/m0/s1. The van der Waals surface area contributed by atoms with E-state index in [2.05, 4.69) is 19.9 Å².